The van der Waals surface area contributed by atoms with Gasteiger partial charge in [0.1, 0.15) is 5.82 Å². The Morgan fingerprint density at radius 2 is 1.68 bits per heavy atom. The third-order valence-corrected chi connectivity index (χ3v) is 6.65. The molecule has 0 unspecified atom stereocenters. The van der Waals surface area contributed by atoms with Gasteiger partial charge in [0, 0.05) is 23.9 Å². The molecule has 0 aliphatic rings. The second-order valence-corrected chi connectivity index (χ2v) is 9.74. The average molecular weight is 484 g/mol. The van der Waals surface area contributed by atoms with Gasteiger partial charge in [-0.15, -0.1) is 12.6 Å². The molecule has 3 aromatic carbocycles. The monoisotopic (exact) mass is 483 g/mol. The number of rotatable bonds is 8. The van der Waals surface area contributed by atoms with Crippen LogP contribution in [0.1, 0.15) is 22.4 Å². The molecule has 5 aromatic rings. The maximum absolute atomic E-state index is 4.78. The van der Waals surface area contributed by atoms with Crippen LogP contribution < -0.4 is 10.6 Å². The highest BCUT2D eigenvalue weighted by Crippen LogP contribution is 2.29. The summed E-state index contributed by atoms with van der Waals surface area (Å²) in [6.45, 7) is 2.83. The Balaban J connectivity index is 1.37. The number of hydrogen-bond acceptors (Lipinski definition) is 7. The number of nitrogens with zero attached hydrogens (tertiary/aromatic N) is 3. The SMILES string of the molecule is Cc1ccc2nc(Nc3cc(Cc4ccccc4)nc(NCCc4ccc(S)cc4)n3)sc2c1. The highest BCUT2D eigenvalue weighted by Gasteiger charge is 2.10. The molecule has 0 aliphatic carbocycles. The van der Waals surface area contributed by atoms with Gasteiger partial charge in [-0.1, -0.05) is 59.9 Å². The maximum atomic E-state index is 4.78. The lowest BCUT2D eigenvalue weighted by molar-refractivity contribution is 0.960. The highest BCUT2D eigenvalue weighted by atomic mass is 32.1. The number of aryl methyl sites for hydroxylation is 1. The van der Waals surface area contributed by atoms with E-state index in [9.17, 15) is 0 Å². The predicted molar refractivity (Wildman–Crippen MR) is 145 cm³/mol. The van der Waals surface area contributed by atoms with Gasteiger partial charge in [0.15, 0.2) is 5.13 Å². The van der Waals surface area contributed by atoms with E-state index in [2.05, 4.69) is 72.7 Å². The molecule has 5 nitrogen and oxygen atoms in total. The van der Waals surface area contributed by atoms with Crippen molar-refractivity contribution in [3.63, 3.8) is 0 Å². The minimum absolute atomic E-state index is 0.610. The van der Waals surface area contributed by atoms with Crippen LogP contribution in [-0.2, 0) is 12.8 Å². The van der Waals surface area contributed by atoms with Crippen molar-refractivity contribution in [2.75, 3.05) is 17.2 Å². The molecular formula is C27H25N5S2. The lowest BCUT2D eigenvalue weighted by Crippen LogP contribution is -2.10. The van der Waals surface area contributed by atoms with Gasteiger partial charge in [-0.3, -0.25) is 0 Å². The fraction of sp³-hybridized carbons (Fsp3) is 0.148. The summed E-state index contributed by atoms with van der Waals surface area (Å²) < 4.78 is 1.16. The molecule has 0 bridgehead atoms. The second kappa shape index (κ2) is 10.2. The van der Waals surface area contributed by atoms with Crippen molar-refractivity contribution in [3.05, 3.63) is 101 Å². The highest BCUT2D eigenvalue weighted by molar-refractivity contribution is 7.80. The topological polar surface area (TPSA) is 62.7 Å². The number of benzene rings is 3. The number of aromatic nitrogens is 3. The molecule has 0 radical (unpaired) electrons. The Morgan fingerprint density at radius 3 is 2.50 bits per heavy atom. The molecule has 170 valence electrons. The largest absolute Gasteiger partial charge is 0.354 e. The van der Waals surface area contributed by atoms with Crippen molar-refractivity contribution in [2.45, 2.75) is 24.7 Å². The van der Waals surface area contributed by atoms with Crippen LogP contribution in [0.5, 0.6) is 0 Å². The standard InChI is InChI=1S/C27H25N5S2/c1-18-7-12-23-24(15-18)34-27(30-23)32-25-17-21(16-20-5-3-2-4-6-20)29-26(31-25)28-14-13-19-8-10-22(33)11-9-19/h2-12,15,17,33H,13-14,16H2,1H3,(H2,28,29,30,31,32). The van der Waals surface area contributed by atoms with Crippen molar-refractivity contribution in [1.82, 2.24) is 15.0 Å². The number of nitrogens with one attached hydrogen (secondary N) is 2. The van der Waals surface area contributed by atoms with Crippen LogP contribution in [0.3, 0.4) is 0 Å². The van der Waals surface area contributed by atoms with Crippen molar-refractivity contribution < 1.29 is 0 Å². The van der Waals surface area contributed by atoms with Crippen LogP contribution in [0, 0.1) is 6.92 Å². The summed E-state index contributed by atoms with van der Waals surface area (Å²) in [4.78, 5) is 15.2. The zero-order valence-electron chi connectivity index (χ0n) is 18.8. The number of hydrogen-bond donors (Lipinski definition) is 3. The fourth-order valence-corrected chi connectivity index (χ4v) is 4.83. The lowest BCUT2D eigenvalue weighted by Gasteiger charge is -2.11. The molecule has 34 heavy (non-hydrogen) atoms. The van der Waals surface area contributed by atoms with Crippen LogP contribution in [0.25, 0.3) is 10.2 Å². The Hall–Kier alpha value is -3.42. The summed E-state index contributed by atoms with van der Waals surface area (Å²) in [7, 11) is 0. The summed E-state index contributed by atoms with van der Waals surface area (Å²) in [5.74, 6) is 1.34. The fourth-order valence-electron chi connectivity index (χ4n) is 3.71. The molecule has 0 fully saturated rings. The van der Waals surface area contributed by atoms with E-state index in [4.69, 9.17) is 15.0 Å². The van der Waals surface area contributed by atoms with Gasteiger partial charge < -0.3 is 10.6 Å². The quantitative estimate of drug-likeness (QED) is 0.215. The van der Waals surface area contributed by atoms with E-state index in [-0.39, 0.29) is 0 Å². The normalized spacial score (nSPS) is 11.0. The Kier molecular flexibility index (Phi) is 6.74. The minimum atomic E-state index is 0.610. The zero-order valence-corrected chi connectivity index (χ0v) is 20.5. The molecule has 0 aliphatic heterocycles. The third-order valence-electron chi connectivity index (χ3n) is 5.42. The third kappa shape index (κ3) is 5.73. The van der Waals surface area contributed by atoms with Crippen molar-refractivity contribution in [2.24, 2.45) is 0 Å². The van der Waals surface area contributed by atoms with Crippen molar-refractivity contribution >= 4 is 51.1 Å². The van der Waals surface area contributed by atoms with Crippen LogP contribution >= 0.6 is 24.0 Å². The summed E-state index contributed by atoms with van der Waals surface area (Å²) >= 11 is 5.99. The molecule has 2 aromatic heterocycles. The van der Waals surface area contributed by atoms with E-state index in [0.717, 1.165) is 51.1 Å². The first kappa shape index (κ1) is 22.4. The molecule has 5 rings (SSSR count). The first-order valence-corrected chi connectivity index (χ1v) is 12.4. The summed E-state index contributed by atoms with van der Waals surface area (Å²) in [5, 5.41) is 7.62. The summed E-state index contributed by atoms with van der Waals surface area (Å²) in [5.41, 5.74) is 5.62. The number of thiol groups is 1. The van der Waals surface area contributed by atoms with Crippen LogP contribution in [0.2, 0.25) is 0 Å². The van der Waals surface area contributed by atoms with Crippen molar-refractivity contribution in [3.8, 4) is 0 Å². The summed E-state index contributed by atoms with van der Waals surface area (Å²) in [6.07, 6.45) is 1.61. The van der Waals surface area contributed by atoms with Gasteiger partial charge >= 0.3 is 0 Å². The van der Waals surface area contributed by atoms with Gasteiger partial charge in [0.05, 0.1) is 15.9 Å². The molecule has 2 heterocycles. The van der Waals surface area contributed by atoms with Crippen molar-refractivity contribution in [1.29, 1.82) is 0 Å². The molecule has 0 atom stereocenters. The second-order valence-electron chi connectivity index (χ2n) is 8.19. The van der Waals surface area contributed by atoms with Gasteiger partial charge in [-0.25, -0.2) is 9.97 Å². The predicted octanol–water partition coefficient (Wildman–Crippen LogP) is 6.67. The van der Waals surface area contributed by atoms with Gasteiger partial charge in [0.2, 0.25) is 5.95 Å². The van der Waals surface area contributed by atoms with E-state index in [1.165, 1.54) is 16.7 Å². The Morgan fingerprint density at radius 1 is 0.853 bits per heavy atom. The Labute approximate surface area is 208 Å². The lowest BCUT2D eigenvalue weighted by atomic mass is 10.1. The molecule has 0 amide bonds. The molecule has 2 N–H and O–H groups in total. The molecule has 0 saturated carbocycles. The molecular weight excluding hydrogens is 458 g/mol. The van der Waals surface area contributed by atoms with Gasteiger partial charge in [-0.2, -0.15) is 4.98 Å². The molecule has 0 saturated heterocycles. The first-order valence-electron chi connectivity index (χ1n) is 11.2. The first-order chi connectivity index (χ1) is 16.6. The average Bonchev–Trinajstić information content (AvgIpc) is 3.22. The molecule has 7 heteroatoms. The number of thiazole rings is 1. The zero-order chi connectivity index (χ0) is 23.3. The van der Waals surface area contributed by atoms with Crippen LogP contribution in [-0.4, -0.2) is 21.5 Å². The van der Waals surface area contributed by atoms with E-state index >= 15 is 0 Å². The van der Waals surface area contributed by atoms with Gasteiger partial charge in [0.25, 0.3) is 0 Å². The smallest absolute Gasteiger partial charge is 0.224 e. The molecule has 0 spiro atoms. The summed E-state index contributed by atoms with van der Waals surface area (Å²) in [6, 6.07) is 26.9. The minimum Gasteiger partial charge on any atom is -0.354 e. The maximum Gasteiger partial charge on any atom is 0.224 e. The number of anilines is 3. The number of fused-ring (bicyclic) bond motifs is 1. The van der Waals surface area contributed by atoms with Gasteiger partial charge in [-0.05, 0) is 54.3 Å². The van der Waals surface area contributed by atoms with E-state index < -0.39 is 0 Å². The van der Waals surface area contributed by atoms with Crippen LogP contribution in [0.4, 0.5) is 16.9 Å². The van der Waals surface area contributed by atoms with E-state index in [1.54, 1.807) is 11.3 Å². The van der Waals surface area contributed by atoms with E-state index in [1.807, 2.05) is 36.4 Å². The van der Waals surface area contributed by atoms with Crippen LogP contribution in [0.15, 0.2) is 83.8 Å². The van der Waals surface area contributed by atoms with E-state index in [0.29, 0.717) is 5.95 Å². The Bertz CT molecular complexity index is 1400.